The molecule has 0 aliphatic heterocycles. The number of hydrogen-bond donors (Lipinski definition) is 0. The summed E-state index contributed by atoms with van der Waals surface area (Å²) < 4.78 is 39.5. The summed E-state index contributed by atoms with van der Waals surface area (Å²) in [5, 5.41) is 0.797. The first-order chi connectivity index (χ1) is 12.3. The summed E-state index contributed by atoms with van der Waals surface area (Å²) in [5.41, 5.74) is 0.468. The van der Waals surface area contributed by atoms with Gasteiger partial charge in [0.2, 0.25) is 5.91 Å². The highest BCUT2D eigenvalue weighted by molar-refractivity contribution is 7.18. The standard InChI is InChI=1S/C19H17F3N2OS/c1-12(18-23-15-8-3-4-9-16(15)26-18)24(2)17(25)11-13-6-5-7-14(10-13)19(20,21)22/h3-10,12H,11H2,1-2H3/t12-/m0/s1. The highest BCUT2D eigenvalue weighted by atomic mass is 32.1. The Morgan fingerprint density at radius 1 is 1.19 bits per heavy atom. The van der Waals surface area contributed by atoms with Gasteiger partial charge in [-0.2, -0.15) is 13.2 Å². The van der Waals surface area contributed by atoms with Gasteiger partial charge in [-0.25, -0.2) is 4.98 Å². The number of rotatable bonds is 4. The Labute approximate surface area is 153 Å². The van der Waals surface area contributed by atoms with Gasteiger partial charge in [0.25, 0.3) is 0 Å². The third-order valence-corrected chi connectivity index (χ3v) is 5.46. The van der Waals surface area contributed by atoms with Gasteiger partial charge in [-0.05, 0) is 30.7 Å². The topological polar surface area (TPSA) is 33.2 Å². The van der Waals surface area contributed by atoms with Crippen LogP contribution in [0.3, 0.4) is 0 Å². The van der Waals surface area contributed by atoms with E-state index in [9.17, 15) is 18.0 Å². The first-order valence-electron chi connectivity index (χ1n) is 8.03. The van der Waals surface area contributed by atoms with Crippen LogP contribution >= 0.6 is 11.3 Å². The van der Waals surface area contributed by atoms with Gasteiger partial charge >= 0.3 is 6.18 Å². The lowest BCUT2D eigenvalue weighted by atomic mass is 10.1. The van der Waals surface area contributed by atoms with Crippen molar-refractivity contribution in [3.8, 4) is 0 Å². The summed E-state index contributed by atoms with van der Waals surface area (Å²) in [6, 6.07) is 12.3. The summed E-state index contributed by atoms with van der Waals surface area (Å²) in [5.74, 6) is -0.254. The van der Waals surface area contributed by atoms with Crippen molar-refractivity contribution in [2.75, 3.05) is 7.05 Å². The number of aromatic nitrogens is 1. The minimum absolute atomic E-state index is 0.0876. The number of likely N-dealkylation sites (N-methyl/N-ethyl adjacent to an activating group) is 1. The third kappa shape index (κ3) is 3.88. The Balaban J connectivity index is 1.75. The van der Waals surface area contributed by atoms with Gasteiger partial charge in [-0.15, -0.1) is 11.3 Å². The van der Waals surface area contributed by atoms with Gasteiger partial charge in [0.15, 0.2) is 0 Å². The second kappa shape index (κ2) is 7.07. The molecule has 7 heteroatoms. The van der Waals surface area contributed by atoms with Crippen LogP contribution in [0.4, 0.5) is 13.2 Å². The van der Waals surface area contributed by atoms with Crippen molar-refractivity contribution in [2.24, 2.45) is 0 Å². The first kappa shape index (κ1) is 18.4. The molecule has 0 aliphatic carbocycles. The predicted octanol–water partition coefficient (Wildman–Crippen LogP) is 5.08. The van der Waals surface area contributed by atoms with Gasteiger partial charge < -0.3 is 4.90 Å². The number of nitrogens with zero attached hydrogens (tertiary/aromatic N) is 2. The van der Waals surface area contributed by atoms with E-state index in [-0.39, 0.29) is 18.4 Å². The molecular weight excluding hydrogens is 361 g/mol. The summed E-state index contributed by atoms with van der Waals surface area (Å²) in [6.45, 7) is 1.86. The van der Waals surface area contributed by atoms with E-state index in [1.807, 2.05) is 31.2 Å². The molecule has 2 aromatic carbocycles. The largest absolute Gasteiger partial charge is 0.416 e. The van der Waals surface area contributed by atoms with E-state index in [0.717, 1.165) is 27.4 Å². The van der Waals surface area contributed by atoms with E-state index >= 15 is 0 Å². The minimum Gasteiger partial charge on any atom is -0.336 e. The van der Waals surface area contributed by atoms with Crippen molar-refractivity contribution in [1.82, 2.24) is 9.88 Å². The van der Waals surface area contributed by atoms with Crippen molar-refractivity contribution >= 4 is 27.5 Å². The van der Waals surface area contributed by atoms with Gasteiger partial charge in [0.05, 0.1) is 28.2 Å². The molecule has 3 nitrogen and oxygen atoms in total. The van der Waals surface area contributed by atoms with E-state index in [2.05, 4.69) is 4.98 Å². The van der Waals surface area contributed by atoms with Crippen LogP contribution in [0.5, 0.6) is 0 Å². The molecule has 0 N–H and O–H groups in total. The molecule has 0 saturated carbocycles. The number of thiazole rings is 1. The molecule has 1 heterocycles. The number of benzene rings is 2. The molecule has 0 unspecified atom stereocenters. The fraction of sp³-hybridized carbons (Fsp3) is 0.263. The molecule has 0 aliphatic rings. The summed E-state index contributed by atoms with van der Waals surface area (Å²) in [7, 11) is 1.65. The summed E-state index contributed by atoms with van der Waals surface area (Å²) >= 11 is 1.51. The lowest BCUT2D eigenvalue weighted by molar-refractivity contribution is -0.138. The van der Waals surface area contributed by atoms with Crippen LogP contribution < -0.4 is 0 Å². The molecule has 0 bridgehead atoms. The van der Waals surface area contributed by atoms with E-state index in [1.54, 1.807) is 7.05 Å². The van der Waals surface area contributed by atoms with Gasteiger partial charge in [0, 0.05) is 7.05 Å². The second-order valence-electron chi connectivity index (χ2n) is 6.08. The minimum atomic E-state index is -4.42. The Hall–Kier alpha value is -2.41. The normalized spacial score (nSPS) is 13.0. The Morgan fingerprint density at radius 2 is 1.92 bits per heavy atom. The van der Waals surface area contributed by atoms with E-state index in [4.69, 9.17) is 0 Å². The molecule has 136 valence electrons. The Morgan fingerprint density at radius 3 is 2.62 bits per heavy atom. The first-order valence-corrected chi connectivity index (χ1v) is 8.84. The molecule has 3 rings (SSSR count). The molecular formula is C19H17F3N2OS. The third-order valence-electron chi connectivity index (χ3n) is 4.25. The molecule has 26 heavy (non-hydrogen) atoms. The van der Waals surface area contributed by atoms with E-state index in [0.29, 0.717) is 5.56 Å². The Kier molecular flexibility index (Phi) is 5.00. The maximum atomic E-state index is 12.8. The molecule has 1 aromatic heterocycles. The maximum absolute atomic E-state index is 12.8. The predicted molar refractivity (Wildman–Crippen MR) is 96.0 cm³/mol. The number of fused-ring (bicyclic) bond motifs is 1. The van der Waals surface area contributed by atoms with Crippen LogP contribution in [0.1, 0.15) is 29.1 Å². The lowest BCUT2D eigenvalue weighted by Gasteiger charge is -2.23. The fourth-order valence-corrected chi connectivity index (χ4v) is 3.67. The lowest BCUT2D eigenvalue weighted by Crippen LogP contribution is -2.31. The maximum Gasteiger partial charge on any atom is 0.416 e. The highest BCUT2D eigenvalue weighted by Gasteiger charge is 2.30. The van der Waals surface area contributed by atoms with Gasteiger partial charge in [-0.1, -0.05) is 30.3 Å². The fourth-order valence-electron chi connectivity index (χ4n) is 2.61. The average Bonchev–Trinajstić information content (AvgIpc) is 3.04. The van der Waals surface area contributed by atoms with Gasteiger partial charge in [0.1, 0.15) is 5.01 Å². The number of carbonyl (C=O) groups is 1. The van der Waals surface area contributed by atoms with Crippen molar-refractivity contribution in [3.05, 3.63) is 64.7 Å². The quantitative estimate of drug-likeness (QED) is 0.634. The van der Waals surface area contributed by atoms with E-state index in [1.165, 1.54) is 28.4 Å². The van der Waals surface area contributed by atoms with Crippen LogP contribution in [0.15, 0.2) is 48.5 Å². The number of alkyl halides is 3. The monoisotopic (exact) mass is 378 g/mol. The van der Waals surface area contributed by atoms with Crippen molar-refractivity contribution in [3.63, 3.8) is 0 Å². The molecule has 0 saturated heterocycles. The Bertz CT molecular complexity index is 903. The molecule has 3 aromatic rings. The zero-order valence-electron chi connectivity index (χ0n) is 14.2. The zero-order valence-corrected chi connectivity index (χ0v) is 15.1. The number of halogens is 3. The van der Waals surface area contributed by atoms with Crippen molar-refractivity contribution < 1.29 is 18.0 Å². The van der Waals surface area contributed by atoms with Crippen LogP contribution in [0.2, 0.25) is 0 Å². The smallest absolute Gasteiger partial charge is 0.336 e. The SMILES string of the molecule is C[C@@H](c1nc2ccccc2s1)N(C)C(=O)Cc1cccc(C(F)(F)F)c1. The average molecular weight is 378 g/mol. The zero-order chi connectivity index (χ0) is 18.9. The van der Waals surface area contributed by atoms with Crippen LogP contribution in [-0.2, 0) is 17.4 Å². The molecule has 1 atom stereocenters. The highest BCUT2D eigenvalue weighted by Crippen LogP contribution is 2.31. The summed E-state index contributed by atoms with van der Waals surface area (Å²) in [4.78, 5) is 18.6. The summed E-state index contributed by atoms with van der Waals surface area (Å²) in [6.07, 6.45) is -4.51. The van der Waals surface area contributed by atoms with Crippen molar-refractivity contribution in [2.45, 2.75) is 25.6 Å². The van der Waals surface area contributed by atoms with Gasteiger partial charge in [-0.3, -0.25) is 4.79 Å². The van der Waals surface area contributed by atoms with Crippen LogP contribution in [0.25, 0.3) is 10.2 Å². The molecule has 1 amide bonds. The van der Waals surface area contributed by atoms with Crippen LogP contribution in [0, 0.1) is 0 Å². The van der Waals surface area contributed by atoms with Crippen LogP contribution in [-0.4, -0.2) is 22.8 Å². The molecule has 0 fully saturated rings. The number of para-hydroxylation sites is 1. The number of amides is 1. The second-order valence-corrected chi connectivity index (χ2v) is 7.14. The number of carbonyl (C=O) groups excluding carboxylic acids is 1. The number of hydrogen-bond acceptors (Lipinski definition) is 3. The molecule has 0 spiro atoms. The van der Waals surface area contributed by atoms with E-state index < -0.39 is 11.7 Å². The molecule has 0 radical (unpaired) electrons. The van der Waals surface area contributed by atoms with Crippen molar-refractivity contribution in [1.29, 1.82) is 0 Å².